The lowest BCUT2D eigenvalue weighted by molar-refractivity contribution is -0.310. The van der Waals surface area contributed by atoms with E-state index in [0.29, 0.717) is 16.4 Å². The SMILES string of the molecule is CC(C)O[C@@H]1O[C@H](CO)[C@@H](O)[C@H](OC(=O)C[C@@](C)(O)CC(=O)O[C@H](COc2c3ccoc3cc3oc(=O)ccc23)C(C)(C)O)[C@H]1O. The van der Waals surface area contributed by atoms with Gasteiger partial charge in [0.05, 0.1) is 53.8 Å². The number of hydrogen-bond acceptors (Lipinski definition) is 15. The molecule has 15 nitrogen and oxygen atoms in total. The van der Waals surface area contributed by atoms with Crippen LogP contribution in [-0.2, 0) is 28.5 Å². The number of aliphatic hydroxyl groups is 5. The van der Waals surface area contributed by atoms with Gasteiger partial charge >= 0.3 is 17.6 Å². The Labute approximate surface area is 263 Å². The van der Waals surface area contributed by atoms with Crippen LogP contribution in [0.5, 0.6) is 5.75 Å². The zero-order valence-corrected chi connectivity index (χ0v) is 26.1. The third kappa shape index (κ3) is 8.41. The Balaban J connectivity index is 1.41. The maximum Gasteiger partial charge on any atom is 0.336 e. The first kappa shape index (κ1) is 35.3. The van der Waals surface area contributed by atoms with Crippen molar-refractivity contribution in [1.82, 2.24) is 0 Å². The van der Waals surface area contributed by atoms with Crippen LogP contribution in [0.1, 0.15) is 47.5 Å². The van der Waals surface area contributed by atoms with E-state index >= 15 is 0 Å². The molecule has 0 spiro atoms. The number of furan rings is 1. The van der Waals surface area contributed by atoms with Gasteiger partial charge in [0.15, 0.2) is 18.5 Å². The number of esters is 2. The summed E-state index contributed by atoms with van der Waals surface area (Å²) in [5.41, 5.74) is -3.66. The number of aliphatic hydroxyl groups excluding tert-OH is 3. The number of hydrogen-bond donors (Lipinski definition) is 5. The van der Waals surface area contributed by atoms with E-state index in [4.69, 9.17) is 32.5 Å². The maximum atomic E-state index is 12.9. The third-order valence-corrected chi connectivity index (χ3v) is 7.30. The van der Waals surface area contributed by atoms with Crippen LogP contribution in [0.25, 0.3) is 21.9 Å². The van der Waals surface area contributed by atoms with Crippen molar-refractivity contribution in [2.75, 3.05) is 13.2 Å². The van der Waals surface area contributed by atoms with E-state index in [0.717, 1.165) is 0 Å². The van der Waals surface area contributed by atoms with Crippen molar-refractivity contribution in [1.29, 1.82) is 0 Å². The highest BCUT2D eigenvalue weighted by Crippen LogP contribution is 2.35. The highest BCUT2D eigenvalue weighted by atomic mass is 16.7. The van der Waals surface area contributed by atoms with E-state index in [9.17, 15) is 39.9 Å². The lowest BCUT2D eigenvalue weighted by Crippen LogP contribution is -2.61. The summed E-state index contributed by atoms with van der Waals surface area (Å²) < 4.78 is 38.2. The van der Waals surface area contributed by atoms with E-state index in [2.05, 4.69) is 0 Å². The van der Waals surface area contributed by atoms with Crippen LogP contribution in [0.2, 0.25) is 0 Å². The molecule has 3 aromatic rings. The highest BCUT2D eigenvalue weighted by molar-refractivity contribution is 6.01. The Hall–Kier alpha value is -3.57. The van der Waals surface area contributed by atoms with Crippen molar-refractivity contribution in [3.8, 4) is 5.75 Å². The second kappa shape index (κ2) is 14.0. The molecular weight excluding hydrogens is 612 g/mol. The number of benzene rings is 1. The van der Waals surface area contributed by atoms with Crippen LogP contribution >= 0.6 is 0 Å². The molecule has 1 fully saturated rings. The zero-order valence-electron chi connectivity index (χ0n) is 26.1. The fourth-order valence-corrected chi connectivity index (χ4v) is 4.96. The number of carbonyl (C=O) groups excluding carboxylic acids is 2. The molecule has 1 aliphatic heterocycles. The average Bonchev–Trinajstić information content (AvgIpc) is 3.40. The standard InChI is InChI=1S/C31H40O15/c1-15(2)42-29-26(37)28(25(36)20(13-32)44-29)46-24(35)12-31(5,39)11-23(34)45-21(30(3,4)38)14-41-27-16-6-7-22(33)43-19(16)10-18-17(27)8-9-40-18/h6-10,15,20-21,25-26,28-29,32,36-39H,11-14H2,1-5H3/t20-,21-,25-,26-,28+,29-,31+/m1/s1. The van der Waals surface area contributed by atoms with E-state index in [1.165, 1.54) is 45.2 Å². The van der Waals surface area contributed by atoms with Gasteiger partial charge in [-0.2, -0.15) is 0 Å². The van der Waals surface area contributed by atoms with Gasteiger partial charge in [0.2, 0.25) is 0 Å². The topological polar surface area (TPSA) is 225 Å². The van der Waals surface area contributed by atoms with Crippen molar-refractivity contribution in [2.45, 2.75) is 102 Å². The van der Waals surface area contributed by atoms with Crippen molar-refractivity contribution in [3.05, 3.63) is 40.9 Å². The second-order valence-electron chi connectivity index (χ2n) is 12.3. The lowest BCUT2D eigenvalue weighted by atomic mass is 9.96. The molecule has 254 valence electrons. The minimum absolute atomic E-state index is 0.195. The number of ether oxygens (including phenoxy) is 5. The predicted octanol–water partition coefficient (Wildman–Crippen LogP) is 0.908. The Bertz CT molecular complexity index is 1570. The quantitative estimate of drug-likeness (QED) is 0.128. The third-order valence-electron chi connectivity index (χ3n) is 7.30. The average molecular weight is 653 g/mol. The summed E-state index contributed by atoms with van der Waals surface area (Å²) in [6.07, 6.45) is -9.04. The predicted molar refractivity (Wildman–Crippen MR) is 158 cm³/mol. The minimum Gasteiger partial charge on any atom is -0.488 e. The van der Waals surface area contributed by atoms with Gasteiger partial charge in [0.25, 0.3) is 0 Å². The van der Waals surface area contributed by atoms with Crippen molar-refractivity contribution in [2.24, 2.45) is 0 Å². The van der Waals surface area contributed by atoms with Crippen LogP contribution in [-0.4, -0.2) is 105 Å². The Morgan fingerprint density at radius 1 is 0.978 bits per heavy atom. The molecular formula is C31H40O15. The van der Waals surface area contributed by atoms with Crippen molar-refractivity contribution < 1.29 is 67.6 Å². The summed E-state index contributed by atoms with van der Waals surface area (Å²) in [7, 11) is 0. The maximum absolute atomic E-state index is 12.9. The summed E-state index contributed by atoms with van der Waals surface area (Å²) in [6, 6.07) is 5.89. The molecule has 3 heterocycles. The van der Waals surface area contributed by atoms with Crippen LogP contribution in [0.3, 0.4) is 0 Å². The highest BCUT2D eigenvalue weighted by Gasteiger charge is 2.48. The first-order valence-electron chi connectivity index (χ1n) is 14.7. The fraction of sp³-hybridized carbons (Fsp3) is 0.581. The summed E-state index contributed by atoms with van der Waals surface area (Å²) in [4.78, 5) is 37.5. The molecule has 1 aliphatic rings. The summed E-state index contributed by atoms with van der Waals surface area (Å²) in [5, 5.41) is 53.3. The molecule has 0 unspecified atom stereocenters. The molecule has 1 saturated heterocycles. The lowest BCUT2D eigenvalue weighted by Gasteiger charge is -2.42. The number of fused-ring (bicyclic) bond motifs is 2. The fourth-order valence-electron chi connectivity index (χ4n) is 4.96. The van der Waals surface area contributed by atoms with E-state index in [1.54, 1.807) is 19.9 Å². The van der Waals surface area contributed by atoms with Gasteiger partial charge in [-0.3, -0.25) is 9.59 Å². The molecule has 7 atom stereocenters. The monoisotopic (exact) mass is 652 g/mol. The van der Waals surface area contributed by atoms with Gasteiger partial charge in [-0.05, 0) is 46.8 Å². The van der Waals surface area contributed by atoms with Gasteiger partial charge in [-0.15, -0.1) is 0 Å². The largest absolute Gasteiger partial charge is 0.488 e. The molecule has 0 aliphatic carbocycles. The van der Waals surface area contributed by atoms with Gasteiger partial charge in [-0.25, -0.2) is 4.79 Å². The van der Waals surface area contributed by atoms with Crippen LogP contribution in [0.15, 0.2) is 44.2 Å². The molecule has 5 N–H and O–H groups in total. The molecule has 2 aromatic heterocycles. The first-order valence-corrected chi connectivity index (χ1v) is 14.7. The van der Waals surface area contributed by atoms with Crippen LogP contribution in [0, 0.1) is 0 Å². The summed E-state index contributed by atoms with van der Waals surface area (Å²) >= 11 is 0. The zero-order chi connectivity index (χ0) is 34.0. The summed E-state index contributed by atoms with van der Waals surface area (Å²) in [5.74, 6) is -1.80. The van der Waals surface area contributed by atoms with Crippen molar-refractivity contribution >= 4 is 33.9 Å². The number of carbonyl (C=O) groups is 2. The van der Waals surface area contributed by atoms with Crippen LogP contribution in [0.4, 0.5) is 0 Å². The Morgan fingerprint density at radius 3 is 2.30 bits per heavy atom. The van der Waals surface area contributed by atoms with E-state index in [1.807, 2.05) is 0 Å². The molecule has 15 heteroatoms. The molecule has 0 amide bonds. The molecule has 0 radical (unpaired) electrons. The molecule has 1 aromatic carbocycles. The van der Waals surface area contributed by atoms with E-state index in [-0.39, 0.29) is 17.9 Å². The van der Waals surface area contributed by atoms with Gasteiger partial charge < -0.3 is 58.1 Å². The normalized spacial score (nSPS) is 24.1. The van der Waals surface area contributed by atoms with Gasteiger partial charge in [-0.1, -0.05) is 0 Å². The molecule has 46 heavy (non-hydrogen) atoms. The minimum atomic E-state index is -2.01. The smallest absolute Gasteiger partial charge is 0.336 e. The molecule has 0 bridgehead atoms. The van der Waals surface area contributed by atoms with Crippen molar-refractivity contribution in [3.63, 3.8) is 0 Å². The molecule has 0 saturated carbocycles. The number of rotatable bonds is 13. The van der Waals surface area contributed by atoms with E-state index < -0.39 is 91.1 Å². The van der Waals surface area contributed by atoms with Gasteiger partial charge in [0, 0.05) is 12.1 Å². The van der Waals surface area contributed by atoms with Crippen LogP contribution < -0.4 is 10.4 Å². The molecule has 4 rings (SSSR count). The Morgan fingerprint density at radius 2 is 1.65 bits per heavy atom. The first-order chi connectivity index (χ1) is 21.5. The Kier molecular flexibility index (Phi) is 10.8. The second-order valence-corrected chi connectivity index (χ2v) is 12.3. The van der Waals surface area contributed by atoms with Gasteiger partial charge in [0.1, 0.15) is 41.8 Å². The summed E-state index contributed by atoms with van der Waals surface area (Å²) in [6.45, 7) is 6.29.